The van der Waals surface area contributed by atoms with Gasteiger partial charge in [0.2, 0.25) is 0 Å². The lowest BCUT2D eigenvalue weighted by Gasteiger charge is -2.41. The second-order valence-electron chi connectivity index (χ2n) is 8.14. The second kappa shape index (κ2) is 8.38. The van der Waals surface area contributed by atoms with E-state index in [1.807, 2.05) is 0 Å². The zero-order chi connectivity index (χ0) is 15.2. The number of nitrogens with zero attached hydrogens (tertiary/aromatic N) is 1. The van der Waals surface area contributed by atoms with Crippen LogP contribution in [-0.4, -0.2) is 36.1 Å². The van der Waals surface area contributed by atoms with Crippen LogP contribution in [-0.2, 0) is 0 Å². The molecule has 1 rings (SSSR count). The van der Waals surface area contributed by atoms with Gasteiger partial charge < -0.3 is 10.2 Å². The molecule has 0 aromatic heterocycles. The third kappa shape index (κ3) is 7.08. The Balaban J connectivity index is 2.06. The molecular formula is C18H38N2. The van der Waals surface area contributed by atoms with Crippen LogP contribution >= 0.6 is 0 Å². The summed E-state index contributed by atoms with van der Waals surface area (Å²) in [5.41, 5.74) is 0.273. The Morgan fingerprint density at radius 1 is 1.00 bits per heavy atom. The van der Waals surface area contributed by atoms with E-state index in [9.17, 15) is 0 Å². The van der Waals surface area contributed by atoms with Crippen LogP contribution in [0.5, 0.6) is 0 Å². The number of unbranched alkanes of at least 4 members (excludes halogenated alkanes) is 3. The van der Waals surface area contributed by atoms with Crippen molar-refractivity contribution in [2.24, 2.45) is 11.8 Å². The highest BCUT2D eigenvalue weighted by molar-refractivity contribution is 4.81. The quantitative estimate of drug-likeness (QED) is 0.700. The molecule has 3 atom stereocenters. The van der Waals surface area contributed by atoms with Crippen LogP contribution in [0.1, 0.15) is 73.6 Å². The highest BCUT2D eigenvalue weighted by Gasteiger charge is 2.27. The summed E-state index contributed by atoms with van der Waals surface area (Å²) < 4.78 is 0. The second-order valence-corrected chi connectivity index (χ2v) is 8.14. The van der Waals surface area contributed by atoms with Crippen LogP contribution in [0.3, 0.4) is 0 Å². The van der Waals surface area contributed by atoms with E-state index in [1.54, 1.807) is 0 Å². The summed E-state index contributed by atoms with van der Waals surface area (Å²) in [5.74, 6) is 1.76. The molecule has 120 valence electrons. The van der Waals surface area contributed by atoms with Crippen molar-refractivity contribution < 1.29 is 0 Å². The van der Waals surface area contributed by atoms with Crippen LogP contribution < -0.4 is 5.32 Å². The third-order valence-electron chi connectivity index (χ3n) is 4.75. The van der Waals surface area contributed by atoms with E-state index in [0.717, 1.165) is 24.4 Å². The van der Waals surface area contributed by atoms with Gasteiger partial charge in [-0.05, 0) is 71.9 Å². The molecule has 0 bridgehead atoms. The Hall–Kier alpha value is -0.0800. The summed E-state index contributed by atoms with van der Waals surface area (Å²) in [4.78, 5) is 2.73. The largest absolute Gasteiger partial charge is 0.312 e. The van der Waals surface area contributed by atoms with E-state index in [4.69, 9.17) is 0 Å². The van der Waals surface area contributed by atoms with Crippen LogP contribution in [0.25, 0.3) is 0 Å². The smallest absolute Gasteiger partial charge is 0.00965 e. The SMILES string of the molecule is CC1CC(C)C(C)N(CCCCCCNC(C)(C)C)C1. The Kier molecular flexibility index (Phi) is 7.53. The molecule has 0 spiro atoms. The van der Waals surface area contributed by atoms with Crippen molar-refractivity contribution in [3.8, 4) is 0 Å². The standard InChI is InChI=1S/C18H38N2/c1-15-13-16(2)17(3)20(14-15)12-10-8-7-9-11-19-18(4,5)6/h15-17,19H,7-14H2,1-6H3. The summed E-state index contributed by atoms with van der Waals surface area (Å²) in [5, 5.41) is 3.57. The van der Waals surface area contributed by atoms with Crippen molar-refractivity contribution in [2.75, 3.05) is 19.6 Å². The van der Waals surface area contributed by atoms with Gasteiger partial charge in [-0.2, -0.15) is 0 Å². The van der Waals surface area contributed by atoms with E-state index in [1.165, 1.54) is 45.2 Å². The average Bonchev–Trinajstić information content (AvgIpc) is 2.32. The zero-order valence-electron chi connectivity index (χ0n) is 14.8. The fraction of sp³-hybridized carbons (Fsp3) is 1.00. The van der Waals surface area contributed by atoms with Gasteiger partial charge >= 0.3 is 0 Å². The van der Waals surface area contributed by atoms with Crippen LogP contribution in [0.4, 0.5) is 0 Å². The van der Waals surface area contributed by atoms with Crippen LogP contribution in [0.15, 0.2) is 0 Å². The van der Waals surface area contributed by atoms with Gasteiger partial charge in [-0.1, -0.05) is 26.7 Å². The number of nitrogens with one attached hydrogen (secondary N) is 1. The molecule has 1 N–H and O–H groups in total. The molecule has 1 aliphatic rings. The van der Waals surface area contributed by atoms with Gasteiger partial charge in [0.15, 0.2) is 0 Å². The van der Waals surface area contributed by atoms with Gasteiger partial charge in [0.1, 0.15) is 0 Å². The molecule has 0 aliphatic carbocycles. The number of likely N-dealkylation sites (tertiary alicyclic amines) is 1. The van der Waals surface area contributed by atoms with E-state index in [-0.39, 0.29) is 5.54 Å². The first-order chi connectivity index (χ1) is 9.29. The summed E-state index contributed by atoms with van der Waals surface area (Å²) in [7, 11) is 0. The summed E-state index contributed by atoms with van der Waals surface area (Å²) in [6, 6.07) is 0.786. The summed E-state index contributed by atoms with van der Waals surface area (Å²) in [6.07, 6.45) is 6.86. The molecule has 20 heavy (non-hydrogen) atoms. The van der Waals surface area contributed by atoms with Crippen molar-refractivity contribution in [1.82, 2.24) is 10.2 Å². The Morgan fingerprint density at radius 2 is 1.65 bits per heavy atom. The van der Waals surface area contributed by atoms with Gasteiger partial charge in [0.05, 0.1) is 0 Å². The maximum atomic E-state index is 3.57. The molecule has 0 aromatic carbocycles. The molecule has 0 aromatic rings. The normalized spacial score (nSPS) is 28.8. The third-order valence-corrected chi connectivity index (χ3v) is 4.75. The maximum absolute atomic E-state index is 3.57. The maximum Gasteiger partial charge on any atom is 0.00965 e. The van der Waals surface area contributed by atoms with Crippen molar-refractivity contribution in [3.63, 3.8) is 0 Å². The van der Waals surface area contributed by atoms with Gasteiger partial charge in [-0.25, -0.2) is 0 Å². The summed E-state index contributed by atoms with van der Waals surface area (Å²) >= 11 is 0. The number of rotatable bonds is 7. The minimum absolute atomic E-state index is 0.273. The topological polar surface area (TPSA) is 15.3 Å². The molecule has 1 fully saturated rings. The van der Waals surface area contributed by atoms with Crippen LogP contribution in [0, 0.1) is 11.8 Å². The molecule has 2 nitrogen and oxygen atoms in total. The molecule has 0 amide bonds. The first kappa shape index (κ1) is 18.0. The predicted molar refractivity (Wildman–Crippen MR) is 90.2 cm³/mol. The van der Waals surface area contributed by atoms with E-state index < -0.39 is 0 Å². The van der Waals surface area contributed by atoms with Gasteiger partial charge in [-0.15, -0.1) is 0 Å². The molecule has 0 saturated carbocycles. The monoisotopic (exact) mass is 282 g/mol. The minimum Gasteiger partial charge on any atom is -0.312 e. The van der Waals surface area contributed by atoms with Crippen molar-refractivity contribution in [2.45, 2.75) is 85.2 Å². The fourth-order valence-corrected chi connectivity index (χ4v) is 3.38. The first-order valence-corrected chi connectivity index (χ1v) is 8.78. The van der Waals surface area contributed by atoms with E-state index in [2.05, 4.69) is 51.8 Å². The lowest BCUT2D eigenvalue weighted by Crippen LogP contribution is -2.46. The number of piperidine rings is 1. The van der Waals surface area contributed by atoms with Crippen molar-refractivity contribution in [1.29, 1.82) is 0 Å². The zero-order valence-corrected chi connectivity index (χ0v) is 14.8. The Labute approximate surface area is 127 Å². The average molecular weight is 283 g/mol. The van der Waals surface area contributed by atoms with Gasteiger partial charge in [-0.3, -0.25) is 0 Å². The van der Waals surface area contributed by atoms with E-state index in [0.29, 0.717) is 0 Å². The van der Waals surface area contributed by atoms with Gasteiger partial charge in [0, 0.05) is 18.1 Å². The molecule has 1 saturated heterocycles. The highest BCUT2D eigenvalue weighted by Crippen LogP contribution is 2.27. The van der Waals surface area contributed by atoms with Gasteiger partial charge in [0.25, 0.3) is 0 Å². The first-order valence-electron chi connectivity index (χ1n) is 8.78. The predicted octanol–water partition coefficient (Wildman–Crippen LogP) is 4.30. The lowest BCUT2D eigenvalue weighted by molar-refractivity contribution is 0.0781. The molecule has 1 heterocycles. The molecule has 2 heteroatoms. The van der Waals surface area contributed by atoms with Crippen LogP contribution in [0.2, 0.25) is 0 Å². The van der Waals surface area contributed by atoms with Crippen molar-refractivity contribution in [3.05, 3.63) is 0 Å². The number of hydrogen-bond acceptors (Lipinski definition) is 2. The Bertz CT molecular complexity index is 257. The fourth-order valence-electron chi connectivity index (χ4n) is 3.38. The highest BCUT2D eigenvalue weighted by atomic mass is 15.2. The lowest BCUT2D eigenvalue weighted by atomic mass is 9.86. The summed E-state index contributed by atoms with van der Waals surface area (Å²) in [6.45, 7) is 17.8. The molecule has 0 radical (unpaired) electrons. The Morgan fingerprint density at radius 3 is 2.30 bits per heavy atom. The van der Waals surface area contributed by atoms with Crippen molar-refractivity contribution >= 4 is 0 Å². The minimum atomic E-state index is 0.273. The molecular weight excluding hydrogens is 244 g/mol. The van der Waals surface area contributed by atoms with E-state index >= 15 is 0 Å². The molecule has 3 unspecified atom stereocenters. The number of hydrogen-bond donors (Lipinski definition) is 1. The molecule has 1 aliphatic heterocycles.